The van der Waals surface area contributed by atoms with Gasteiger partial charge in [0.05, 0.1) is 0 Å². The van der Waals surface area contributed by atoms with E-state index in [1.165, 1.54) is 0 Å². The maximum absolute atomic E-state index is 4.27. The predicted octanol–water partition coefficient (Wildman–Crippen LogP) is 10.9. The van der Waals surface area contributed by atoms with Gasteiger partial charge in [0.1, 0.15) is 0 Å². The molecule has 0 spiro atoms. The summed E-state index contributed by atoms with van der Waals surface area (Å²) < 4.78 is 2.26. The molecule has 0 bridgehead atoms. The zero-order chi connectivity index (χ0) is 31.6. The van der Waals surface area contributed by atoms with Gasteiger partial charge in [-0.15, -0.1) is 0 Å². The number of hydrogen-bond donors (Lipinski definition) is 0. The van der Waals surface area contributed by atoms with Crippen LogP contribution in [-0.2, 0) is 4.28 Å². The average molecular weight is 777 g/mol. The number of rotatable bonds is 11. The molecule has 0 aliphatic rings. The van der Waals surface area contributed by atoms with Crippen LogP contribution in [-0.4, -0.2) is 70.1 Å². The third kappa shape index (κ3) is 7.89. The van der Waals surface area contributed by atoms with Crippen molar-refractivity contribution in [1.82, 2.24) is 0 Å². The maximum atomic E-state index is 4.27. The SMILES string of the molecule is C[Si](C)(C)C(c1cc(C([Si](C)(C)C)([Si](C)(C)C)[Si](C)(C)C)cc(C([Si](C)(C)C)[Si](C)(C)C)[c]1[Ge][Br])[Si](C)(C)C. The van der Waals surface area contributed by atoms with Gasteiger partial charge in [0, 0.05) is 0 Å². The first kappa shape index (κ1) is 38.8. The molecule has 0 nitrogen and oxygen atoms in total. The number of benzene rings is 1. The molecular formula is C30H67BrGeSi7. The van der Waals surface area contributed by atoms with Crippen molar-refractivity contribution in [3.05, 3.63) is 28.8 Å². The molecule has 0 fully saturated rings. The quantitative estimate of drug-likeness (QED) is 0.196. The average Bonchev–Trinajstić information content (AvgIpc) is 2.52. The molecule has 9 heteroatoms. The Kier molecular flexibility index (Phi) is 11.9. The van der Waals surface area contributed by atoms with Gasteiger partial charge in [-0.1, -0.05) is 0 Å². The molecule has 1 rings (SSSR count). The minimum atomic E-state index is -1.61. The van der Waals surface area contributed by atoms with Crippen molar-refractivity contribution < 1.29 is 0 Å². The normalized spacial score (nSPS) is 15.5. The van der Waals surface area contributed by atoms with Crippen LogP contribution in [0.5, 0.6) is 0 Å². The van der Waals surface area contributed by atoms with E-state index in [2.05, 4.69) is 164 Å². The second-order valence-electron chi connectivity index (χ2n) is 20.0. The zero-order valence-corrected chi connectivity index (χ0v) is 40.9. The molecule has 0 saturated heterocycles. The van der Waals surface area contributed by atoms with Crippen LogP contribution in [0.25, 0.3) is 0 Å². The topological polar surface area (TPSA) is 0 Å². The molecule has 226 valence electrons. The second kappa shape index (κ2) is 11.9. The van der Waals surface area contributed by atoms with E-state index in [4.69, 9.17) is 0 Å². The Hall–Kier alpha value is 1.76. The summed E-state index contributed by atoms with van der Waals surface area (Å²) in [5, 5.41) is 1.60. The standard InChI is InChI=1S/C30H67BrGeSi7/c1-33(2,3)28(34(4,5)6)25-22-24(30(37(13,14)15,38(16,17)18)39(19,20)21)23-26(27(25)32-31)29(35(7,8)9)36(10,11)12/h22-23,28-29H,1-21H3. The van der Waals surface area contributed by atoms with Crippen molar-refractivity contribution in [1.29, 1.82) is 0 Å². The monoisotopic (exact) mass is 776 g/mol. The molecule has 1 aromatic rings. The van der Waals surface area contributed by atoms with Gasteiger partial charge in [-0.25, -0.2) is 0 Å². The van der Waals surface area contributed by atoms with Crippen LogP contribution in [0.4, 0.5) is 0 Å². The molecule has 0 aromatic heterocycles. The zero-order valence-electron chi connectivity index (χ0n) is 30.2. The molecule has 1 aromatic carbocycles. The summed E-state index contributed by atoms with van der Waals surface area (Å²) in [5.74, 6) is 0. The van der Waals surface area contributed by atoms with Gasteiger partial charge < -0.3 is 0 Å². The van der Waals surface area contributed by atoms with Crippen LogP contribution in [0.1, 0.15) is 27.0 Å². The molecule has 0 heterocycles. The van der Waals surface area contributed by atoms with Gasteiger partial charge in [-0.05, 0) is 0 Å². The van der Waals surface area contributed by atoms with Crippen LogP contribution in [0.2, 0.25) is 137 Å². The van der Waals surface area contributed by atoms with Crippen molar-refractivity contribution in [3.8, 4) is 0 Å². The van der Waals surface area contributed by atoms with Gasteiger partial charge in [-0.3, -0.25) is 0 Å². The van der Waals surface area contributed by atoms with Crippen LogP contribution in [0.15, 0.2) is 12.1 Å². The summed E-state index contributed by atoms with van der Waals surface area (Å²) >= 11 is 3.91. The van der Waals surface area contributed by atoms with E-state index in [9.17, 15) is 0 Å². The summed E-state index contributed by atoms with van der Waals surface area (Å²) in [6, 6.07) is 5.84. The van der Waals surface area contributed by atoms with Crippen LogP contribution in [0.3, 0.4) is 0 Å². The number of halogens is 1. The van der Waals surface area contributed by atoms with Crippen molar-refractivity contribution >= 4 is 88.5 Å². The molecule has 39 heavy (non-hydrogen) atoms. The Labute approximate surface area is 267 Å². The first-order chi connectivity index (χ1) is 16.8. The molecule has 0 atom stereocenters. The van der Waals surface area contributed by atoms with Crippen LogP contribution in [0, 0.1) is 0 Å². The first-order valence-electron chi connectivity index (χ1n) is 15.3. The van der Waals surface area contributed by atoms with E-state index in [0.717, 1.165) is 10.3 Å². The predicted molar refractivity (Wildman–Crippen MR) is 211 cm³/mol. The molecule has 0 aliphatic carbocycles. The molecule has 0 unspecified atom stereocenters. The van der Waals surface area contributed by atoms with Crippen LogP contribution >= 0.6 is 14.0 Å². The molecule has 0 N–H and O–H groups in total. The molecular weight excluding hydrogens is 709 g/mol. The van der Waals surface area contributed by atoms with Crippen molar-refractivity contribution in [2.75, 3.05) is 0 Å². The van der Waals surface area contributed by atoms with Gasteiger partial charge in [0.15, 0.2) is 0 Å². The van der Waals surface area contributed by atoms with E-state index >= 15 is 0 Å². The summed E-state index contributed by atoms with van der Waals surface area (Å²) in [7, 11) is -10.7. The first-order valence-corrected chi connectivity index (χ1v) is 46.1. The van der Waals surface area contributed by atoms with Crippen molar-refractivity contribution in [2.24, 2.45) is 0 Å². The van der Waals surface area contributed by atoms with Gasteiger partial charge in [0.2, 0.25) is 0 Å². The Morgan fingerprint density at radius 1 is 0.487 bits per heavy atom. The molecule has 2 radical (unpaired) electrons. The Morgan fingerprint density at radius 2 is 0.718 bits per heavy atom. The van der Waals surface area contributed by atoms with Crippen molar-refractivity contribution in [2.45, 2.75) is 152 Å². The molecule has 0 amide bonds. The van der Waals surface area contributed by atoms with E-state index in [0.29, 0.717) is 4.28 Å². The fraction of sp³-hybridized carbons (Fsp3) is 0.800. The Bertz CT molecular complexity index is 888. The summed E-state index contributed by atoms with van der Waals surface area (Å²) in [5.41, 5.74) is 5.51. The van der Waals surface area contributed by atoms with Gasteiger partial charge in [0.25, 0.3) is 0 Å². The number of hydrogen-bond acceptors (Lipinski definition) is 0. The third-order valence-electron chi connectivity index (χ3n) is 9.19. The van der Waals surface area contributed by atoms with E-state index in [1.54, 1.807) is 0 Å². The van der Waals surface area contributed by atoms with Gasteiger partial charge >= 0.3 is 269 Å². The van der Waals surface area contributed by atoms with Crippen molar-refractivity contribution in [3.63, 3.8) is 0 Å². The summed E-state index contributed by atoms with van der Waals surface area (Å²) in [6.07, 6.45) is 0. The summed E-state index contributed by atoms with van der Waals surface area (Å²) in [4.78, 5) is 0. The van der Waals surface area contributed by atoms with Crippen LogP contribution < -0.4 is 4.40 Å². The second-order valence-corrected chi connectivity index (χ2v) is 63.1. The fourth-order valence-electron chi connectivity index (χ4n) is 10.6. The summed E-state index contributed by atoms with van der Waals surface area (Å²) in [6.45, 7) is 56.7. The Balaban J connectivity index is 4.79. The molecule has 0 saturated carbocycles. The van der Waals surface area contributed by atoms with E-state index in [-0.39, 0.29) is 13.6 Å². The van der Waals surface area contributed by atoms with Gasteiger partial charge in [-0.2, -0.15) is 0 Å². The Morgan fingerprint density at radius 3 is 0.872 bits per heavy atom. The third-order valence-corrected chi connectivity index (χ3v) is 52.5. The van der Waals surface area contributed by atoms with E-state index < -0.39 is 56.5 Å². The minimum absolute atomic E-state index is 0.359. The van der Waals surface area contributed by atoms with E-state index in [1.807, 2.05) is 21.1 Å². The fourth-order valence-corrected chi connectivity index (χ4v) is 71.0. The molecule has 0 aliphatic heterocycles.